The number of nitro groups is 1. The van der Waals surface area contributed by atoms with Crippen LogP contribution in [0.1, 0.15) is 11.1 Å². The SMILES string of the molecule is COc1ccc(CNC(=O)/C=C/c2ccc(Cl)c([N+](=O)[O-])c2)cc1. The molecule has 2 rings (SSSR count). The van der Waals surface area contributed by atoms with E-state index in [-0.39, 0.29) is 16.6 Å². The minimum atomic E-state index is -0.566. The monoisotopic (exact) mass is 346 g/mol. The first-order chi connectivity index (χ1) is 11.5. The Bertz CT molecular complexity index is 773. The molecule has 0 spiro atoms. The van der Waals surface area contributed by atoms with Crippen molar-refractivity contribution in [3.05, 3.63) is 74.8 Å². The highest BCUT2D eigenvalue weighted by molar-refractivity contribution is 6.32. The molecule has 0 bridgehead atoms. The van der Waals surface area contributed by atoms with Gasteiger partial charge in [-0.1, -0.05) is 29.8 Å². The number of carbonyl (C=O) groups excluding carboxylic acids is 1. The van der Waals surface area contributed by atoms with Crippen molar-refractivity contribution >= 4 is 29.3 Å². The van der Waals surface area contributed by atoms with Crippen LogP contribution in [0.5, 0.6) is 5.75 Å². The highest BCUT2D eigenvalue weighted by atomic mass is 35.5. The quantitative estimate of drug-likeness (QED) is 0.492. The van der Waals surface area contributed by atoms with Crippen molar-refractivity contribution in [2.45, 2.75) is 6.54 Å². The molecule has 0 atom stereocenters. The summed E-state index contributed by atoms with van der Waals surface area (Å²) in [6, 6.07) is 11.7. The molecule has 0 aliphatic carbocycles. The van der Waals surface area contributed by atoms with Gasteiger partial charge < -0.3 is 10.1 Å². The first kappa shape index (κ1) is 17.5. The van der Waals surface area contributed by atoms with Crippen LogP contribution in [-0.4, -0.2) is 17.9 Å². The van der Waals surface area contributed by atoms with Crippen LogP contribution in [0.15, 0.2) is 48.5 Å². The van der Waals surface area contributed by atoms with E-state index in [2.05, 4.69) is 5.32 Å². The molecule has 0 saturated heterocycles. The van der Waals surface area contributed by atoms with Gasteiger partial charge >= 0.3 is 0 Å². The van der Waals surface area contributed by atoms with Gasteiger partial charge in [-0.25, -0.2) is 0 Å². The van der Waals surface area contributed by atoms with Gasteiger partial charge in [-0.2, -0.15) is 0 Å². The second kappa shape index (κ2) is 8.12. The van der Waals surface area contributed by atoms with Crippen molar-refractivity contribution in [2.75, 3.05) is 7.11 Å². The Balaban J connectivity index is 1.95. The molecule has 2 aromatic carbocycles. The maximum Gasteiger partial charge on any atom is 0.288 e. The lowest BCUT2D eigenvalue weighted by Gasteiger charge is -2.04. The number of halogens is 1. The van der Waals surface area contributed by atoms with E-state index < -0.39 is 4.92 Å². The summed E-state index contributed by atoms with van der Waals surface area (Å²) in [6.45, 7) is 0.369. The summed E-state index contributed by atoms with van der Waals surface area (Å²) in [5, 5.41) is 13.6. The molecule has 0 aliphatic heterocycles. The lowest BCUT2D eigenvalue weighted by molar-refractivity contribution is -0.384. The van der Waals surface area contributed by atoms with Crippen LogP contribution in [-0.2, 0) is 11.3 Å². The molecule has 0 radical (unpaired) electrons. The summed E-state index contributed by atoms with van der Waals surface area (Å²) in [4.78, 5) is 22.1. The zero-order chi connectivity index (χ0) is 17.5. The van der Waals surface area contributed by atoms with Gasteiger partial charge in [-0.3, -0.25) is 14.9 Å². The number of methoxy groups -OCH3 is 1. The average Bonchev–Trinajstić information content (AvgIpc) is 2.59. The molecule has 0 heterocycles. The smallest absolute Gasteiger partial charge is 0.288 e. The van der Waals surface area contributed by atoms with Crippen molar-refractivity contribution < 1.29 is 14.5 Å². The van der Waals surface area contributed by atoms with Crippen LogP contribution in [0, 0.1) is 10.1 Å². The van der Waals surface area contributed by atoms with Crippen molar-refractivity contribution in [3.63, 3.8) is 0 Å². The van der Waals surface area contributed by atoms with Gasteiger partial charge in [0, 0.05) is 18.7 Å². The minimum Gasteiger partial charge on any atom is -0.497 e. The van der Waals surface area contributed by atoms with E-state index in [1.54, 1.807) is 13.2 Å². The number of hydrogen-bond acceptors (Lipinski definition) is 4. The molecule has 0 saturated carbocycles. The summed E-state index contributed by atoms with van der Waals surface area (Å²) in [5.74, 6) is 0.442. The fourth-order valence-corrected chi connectivity index (χ4v) is 2.12. The lowest BCUT2D eigenvalue weighted by atomic mass is 10.2. The standard InChI is InChI=1S/C17H15ClN2O4/c1-24-14-6-2-13(3-7-14)11-19-17(21)9-5-12-4-8-15(18)16(10-12)20(22)23/h2-10H,11H2,1H3,(H,19,21)/b9-5+. The van der Waals surface area contributed by atoms with Gasteiger partial charge in [-0.15, -0.1) is 0 Å². The molecule has 24 heavy (non-hydrogen) atoms. The van der Waals surface area contributed by atoms with Crippen molar-refractivity contribution in [2.24, 2.45) is 0 Å². The highest BCUT2D eigenvalue weighted by Gasteiger charge is 2.11. The number of nitrogens with one attached hydrogen (secondary N) is 1. The third-order valence-corrected chi connectivity index (χ3v) is 3.54. The van der Waals surface area contributed by atoms with Crippen LogP contribution < -0.4 is 10.1 Å². The topological polar surface area (TPSA) is 81.5 Å². The van der Waals surface area contributed by atoms with Gasteiger partial charge in [0.1, 0.15) is 10.8 Å². The van der Waals surface area contributed by atoms with Gasteiger partial charge in [-0.05, 0) is 35.4 Å². The van der Waals surface area contributed by atoms with Gasteiger partial charge in [0.05, 0.1) is 12.0 Å². The number of hydrogen-bond donors (Lipinski definition) is 1. The molecular formula is C17H15ClN2O4. The lowest BCUT2D eigenvalue weighted by Crippen LogP contribution is -2.20. The van der Waals surface area contributed by atoms with Crippen LogP contribution in [0.25, 0.3) is 6.08 Å². The Kier molecular flexibility index (Phi) is 5.92. The summed E-state index contributed by atoms with van der Waals surface area (Å²) < 4.78 is 5.06. The van der Waals surface area contributed by atoms with E-state index in [0.717, 1.165) is 11.3 Å². The molecule has 1 amide bonds. The first-order valence-corrected chi connectivity index (χ1v) is 7.40. The van der Waals surface area contributed by atoms with Crippen LogP contribution in [0.2, 0.25) is 5.02 Å². The Morgan fingerprint density at radius 2 is 2.00 bits per heavy atom. The van der Waals surface area contributed by atoms with Crippen molar-refractivity contribution in [1.82, 2.24) is 5.32 Å². The summed E-state index contributed by atoms with van der Waals surface area (Å²) in [7, 11) is 1.59. The zero-order valence-corrected chi connectivity index (χ0v) is 13.6. The molecule has 7 heteroatoms. The molecular weight excluding hydrogens is 332 g/mol. The third kappa shape index (κ3) is 4.82. The number of nitro benzene ring substituents is 1. The number of nitrogens with zero attached hydrogens (tertiary/aromatic N) is 1. The first-order valence-electron chi connectivity index (χ1n) is 7.02. The van der Waals surface area contributed by atoms with Crippen LogP contribution >= 0.6 is 11.6 Å². The number of amides is 1. The van der Waals surface area contributed by atoms with E-state index in [1.807, 2.05) is 24.3 Å². The second-order valence-corrected chi connectivity index (χ2v) is 5.27. The third-order valence-electron chi connectivity index (χ3n) is 3.22. The number of benzene rings is 2. The van der Waals surface area contributed by atoms with E-state index in [1.165, 1.54) is 24.3 Å². The normalized spacial score (nSPS) is 10.6. The van der Waals surface area contributed by atoms with E-state index in [9.17, 15) is 14.9 Å². The summed E-state index contributed by atoms with van der Waals surface area (Å²) >= 11 is 5.74. The molecule has 2 aromatic rings. The molecule has 0 unspecified atom stereocenters. The van der Waals surface area contributed by atoms with E-state index in [4.69, 9.17) is 16.3 Å². The minimum absolute atomic E-state index is 0.0566. The summed E-state index contributed by atoms with van der Waals surface area (Å²) in [5.41, 5.74) is 1.25. The Morgan fingerprint density at radius 3 is 2.62 bits per heavy atom. The largest absolute Gasteiger partial charge is 0.497 e. The Hall–Kier alpha value is -2.86. The predicted molar refractivity (Wildman–Crippen MR) is 92.0 cm³/mol. The predicted octanol–water partition coefficient (Wildman–Crippen LogP) is 3.59. The highest BCUT2D eigenvalue weighted by Crippen LogP contribution is 2.25. The zero-order valence-electron chi connectivity index (χ0n) is 12.9. The van der Waals surface area contributed by atoms with E-state index in [0.29, 0.717) is 12.1 Å². The summed E-state index contributed by atoms with van der Waals surface area (Å²) in [6.07, 6.45) is 2.81. The fourth-order valence-electron chi connectivity index (χ4n) is 1.94. The maximum atomic E-state index is 11.8. The van der Waals surface area contributed by atoms with E-state index >= 15 is 0 Å². The van der Waals surface area contributed by atoms with Crippen LogP contribution in [0.3, 0.4) is 0 Å². The van der Waals surface area contributed by atoms with Gasteiger partial charge in [0.15, 0.2) is 0 Å². The van der Waals surface area contributed by atoms with Crippen molar-refractivity contribution in [3.8, 4) is 5.75 Å². The number of rotatable bonds is 6. The second-order valence-electron chi connectivity index (χ2n) is 4.87. The number of carbonyl (C=O) groups is 1. The molecule has 0 aliphatic rings. The Labute approximate surface area is 143 Å². The number of ether oxygens (including phenoxy) is 1. The molecule has 0 fully saturated rings. The van der Waals surface area contributed by atoms with Crippen LogP contribution in [0.4, 0.5) is 5.69 Å². The fraction of sp³-hybridized carbons (Fsp3) is 0.118. The van der Waals surface area contributed by atoms with Gasteiger partial charge in [0.25, 0.3) is 5.69 Å². The molecule has 6 nitrogen and oxygen atoms in total. The molecule has 0 aromatic heterocycles. The average molecular weight is 347 g/mol. The van der Waals surface area contributed by atoms with Gasteiger partial charge in [0.2, 0.25) is 5.91 Å². The molecule has 1 N–H and O–H groups in total. The maximum absolute atomic E-state index is 11.8. The van der Waals surface area contributed by atoms with Crippen molar-refractivity contribution in [1.29, 1.82) is 0 Å². The molecule has 124 valence electrons. The Morgan fingerprint density at radius 1 is 1.29 bits per heavy atom.